The van der Waals surface area contributed by atoms with Gasteiger partial charge >= 0.3 is 6.03 Å². The summed E-state index contributed by atoms with van der Waals surface area (Å²) in [5.74, 6) is 1.42. The second-order valence-electron chi connectivity index (χ2n) is 5.32. The van der Waals surface area contributed by atoms with Gasteiger partial charge in [0.2, 0.25) is 0 Å². The van der Waals surface area contributed by atoms with E-state index in [0.29, 0.717) is 5.82 Å². The molecule has 1 fully saturated rings. The van der Waals surface area contributed by atoms with E-state index in [1.54, 1.807) is 24.5 Å². The molecule has 1 aliphatic heterocycles. The Kier molecular flexibility index (Phi) is 4.32. The number of imidazole rings is 1. The van der Waals surface area contributed by atoms with Gasteiger partial charge in [0.1, 0.15) is 5.82 Å². The number of carbonyl (C=O) groups is 1. The number of likely N-dealkylation sites (tertiary alicyclic amines) is 1. The predicted octanol–water partition coefficient (Wildman–Crippen LogP) is 2.45. The fourth-order valence-electron chi connectivity index (χ4n) is 2.88. The highest BCUT2D eigenvalue weighted by molar-refractivity contribution is 5.88. The van der Waals surface area contributed by atoms with Crippen LogP contribution in [0.25, 0.3) is 0 Å². The van der Waals surface area contributed by atoms with Gasteiger partial charge in [-0.2, -0.15) is 5.10 Å². The van der Waals surface area contributed by atoms with Crippen LogP contribution in [0.1, 0.15) is 38.1 Å². The third-order valence-electron chi connectivity index (χ3n) is 3.96. The molecule has 2 amide bonds. The van der Waals surface area contributed by atoms with E-state index in [0.717, 1.165) is 38.2 Å². The summed E-state index contributed by atoms with van der Waals surface area (Å²) in [6.07, 6.45) is 8.39. The number of piperidine rings is 1. The molecule has 1 N–H and O–H groups in total. The molecule has 3 rings (SSSR count). The molecule has 22 heavy (non-hydrogen) atoms. The van der Waals surface area contributed by atoms with Gasteiger partial charge in [-0.05, 0) is 38.3 Å². The third-order valence-corrected chi connectivity index (χ3v) is 3.96. The van der Waals surface area contributed by atoms with Crippen LogP contribution in [-0.2, 0) is 6.54 Å². The predicted molar refractivity (Wildman–Crippen MR) is 82.2 cm³/mol. The molecule has 0 radical (unpaired) electrons. The van der Waals surface area contributed by atoms with E-state index >= 15 is 0 Å². The van der Waals surface area contributed by atoms with E-state index in [-0.39, 0.29) is 12.1 Å². The second kappa shape index (κ2) is 6.55. The van der Waals surface area contributed by atoms with Gasteiger partial charge in [-0.25, -0.2) is 9.78 Å². The summed E-state index contributed by atoms with van der Waals surface area (Å²) in [5, 5.41) is 10.5. The Bertz CT molecular complexity index is 626. The smallest absolute Gasteiger partial charge is 0.323 e. The number of carbonyl (C=O) groups excluding carboxylic acids is 1. The molecular weight excluding hydrogens is 280 g/mol. The molecule has 1 aliphatic rings. The molecule has 0 bridgehead atoms. The number of rotatable bonds is 3. The van der Waals surface area contributed by atoms with Crippen LogP contribution in [0.15, 0.2) is 30.7 Å². The highest BCUT2D eigenvalue weighted by atomic mass is 16.2. The van der Waals surface area contributed by atoms with Crippen molar-refractivity contribution in [3.8, 4) is 0 Å². The van der Waals surface area contributed by atoms with Gasteiger partial charge in [-0.3, -0.25) is 5.32 Å². The van der Waals surface area contributed by atoms with E-state index in [1.807, 2.05) is 11.1 Å². The second-order valence-corrected chi connectivity index (χ2v) is 5.32. The van der Waals surface area contributed by atoms with Crippen molar-refractivity contribution in [1.82, 2.24) is 24.6 Å². The van der Waals surface area contributed by atoms with Gasteiger partial charge < -0.3 is 9.47 Å². The number of nitrogens with one attached hydrogen (secondary N) is 1. The first-order valence-electron chi connectivity index (χ1n) is 7.66. The van der Waals surface area contributed by atoms with Crippen LogP contribution < -0.4 is 5.32 Å². The van der Waals surface area contributed by atoms with Gasteiger partial charge in [-0.1, -0.05) is 0 Å². The summed E-state index contributed by atoms with van der Waals surface area (Å²) in [5.41, 5.74) is 0. The standard InChI is InChI=1S/C15H20N6O/c1-2-20-11-9-16-14(20)12-6-3-4-10-21(12)15(22)18-13-7-5-8-17-19-13/h5,7-9,11-12H,2-4,6,10H2,1H3,(H,18,19,22). The molecule has 0 aliphatic carbocycles. The molecule has 0 spiro atoms. The summed E-state index contributed by atoms with van der Waals surface area (Å²) in [6, 6.07) is 3.35. The lowest BCUT2D eigenvalue weighted by Gasteiger charge is -2.35. The van der Waals surface area contributed by atoms with Crippen LogP contribution >= 0.6 is 0 Å². The van der Waals surface area contributed by atoms with Gasteiger partial charge in [0, 0.05) is 31.7 Å². The Labute approximate surface area is 129 Å². The molecule has 1 atom stereocenters. The quantitative estimate of drug-likeness (QED) is 0.944. The number of anilines is 1. The molecule has 1 saturated heterocycles. The monoisotopic (exact) mass is 300 g/mol. The van der Waals surface area contributed by atoms with Crippen LogP contribution in [-0.4, -0.2) is 37.2 Å². The van der Waals surface area contributed by atoms with E-state index < -0.39 is 0 Å². The zero-order valence-electron chi connectivity index (χ0n) is 12.6. The van der Waals surface area contributed by atoms with E-state index in [2.05, 4.69) is 32.0 Å². The van der Waals surface area contributed by atoms with Crippen molar-refractivity contribution < 1.29 is 4.79 Å². The van der Waals surface area contributed by atoms with Gasteiger partial charge in [0.05, 0.1) is 6.04 Å². The van der Waals surface area contributed by atoms with Crippen LogP contribution in [0.5, 0.6) is 0 Å². The molecule has 1 unspecified atom stereocenters. The van der Waals surface area contributed by atoms with Gasteiger partial charge in [-0.15, -0.1) is 5.10 Å². The van der Waals surface area contributed by atoms with Crippen molar-refractivity contribution in [1.29, 1.82) is 0 Å². The topological polar surface area (TPSA) is 75.9 Å². The average Bonchev–Trinajstić information content (AvgIpc) is 3.04. The maximum absolute atomic E-state index is 12.6. The molecule has 7 heteroatoms. The zero-order chi connectivity index (χ0) is 15.4. The Balaban J connectivity index is 1.79. The molecule has 0 saturated carbocycles. The first-order valence-corrected chi connectivity index (χ1v) is 7.66. The largest absolute Gasteiger partial charge is 0.333 e. The first-order chi connectivity index (χ1) is 10.8. The van der Waals surface area contributed by atoms with Gasteiger partial charge in [0.15, 0.2) is 5.82 Å². The third kappa shape index (κ3) is 2.93. The normalized spacial score (nSPS) is 18.2. The number of nitrogens with zero attached hydrogens (tertiary/aromatic N) is 5. The number of aromatic nitrogens is 4. The summed E-state index contributed by atoms with van der Waals surface area (Å²) in [7, 11) is 0. The molecule has 7 nitrogen and oxygen atoms in total. The maximum Gasteiger partial charge on any atom is 0.323 e. The lowest BCUT2D eigenvalue weighted by Crippen LogP contribution is -2.42. The van der Waals surface area contributed by atoms with Crippen molar-refractivity contribution in [2.75, 3.05) is 11.9 Å². The van der Waals surface area contributed by atoms with Crippen LogP contribution in [0.2, 0.25) is 0 Å². The van der Waals surface area contributed by atoms with Crippen LogP contribution in [0.3, 0.4) is 0 Å². The first kappa shape index (κ1) is 14.5. The Morgan fingerprint density at radius 3 is 3.09 bits per heavy atom. The molecule has 2 aromatic heterocycles. The minimum Gasteiger partial charge on any atom is -0.333 e. The van der Waals surface area contributed by atoms with Crippen molar-refractivity contribution in [3.63, 3.8) is 0 Å². The van der Waals surface area contributed by atoms with E-state index in [9.17, 15) is 4.79 Å². The van der Waals surface area contributed by atoms with Crippen molar-refractivity contribution in [2.24, 2.45) is 0 Å². The lowest BCUT2D eigenvalue weighted by molar-refractivity contribution is 0.157. The zero-order valence-corrected chi connectivity index (χ0v) is 12.6. The Morgan fingerprint density at radius 2 is 2.32 bits per heavy atom. The number of hydrogen-bond donors (Lipinski definition) is 1. The Hall–Kier alpha value is -2.44. The summed E-state index contributed by atoms with van der Waals surface area (Å²) in [6.45, 7) is 3.66. The molecule has 0 aromatic carbocycles. The summed E-state index contributed by atoms with van der Waals surface area (Å²) < 4.78 is 2.10. The minimum atomic E-state index is -0.143. The average molecular weight is 300 g/mol. The van der Waals surface area contributed by atoms with E-state index in [1.165, 1.54) is 0 Å². The molecule has 116 valence electrons. The SMILES string of the molecule is CCn1ccnc1C1CCCCN1C(=O)Nc1cccnn1. The number of amides is 2. The van der Waals surface area contributed by atoms with Crippen molar-refractivity contribution >= 4 is 11.8 Å². The summed E-state index contributed by atoms with van der Waals surface area (Å²) in [4.78, 5) is 18.9. The number of aryl methyl sites for hydroxylation is 1. The highest BCUT2D eigenvalue weighted by Gasteiger charge is 2.30. The fraction of sp³-hybridized carbons (Fsp3) is 0.467. The van der Waals surface area contributed by atoms with Crippen molar-refractivity contribution in [3.05, 3.63) is 36.5 Å². The van der Waals surface area contributed by atoms with Crippen LogP contribution in [0, 0.1) is 0 Å². The Morgan fingerprint density at radius 1 is 1.41 bits per heavy atom. The molecule has 3 heterocycles. The van der Waals surface area contributed by atoms with Crippen LogP contribution in [0.4, 0.5) is 10.6 Å². The number of urea groups is 1. The molecular formula is C15H20N6O. The number of hydrogen-bond acceptors (Lipinski definition) is 4. The van der Waals surface area contributed by atoms with Crippen molar-refractivity contribution in [2.45, 2.75) is 38.8 Å². The highest BCUT2D eigenvalue weighted by Crippen LogP contribution is 2.30. The van der Waals surface area contributed by atoms with E-state index in [4.69, 9.17) is 0 Å². The maximum atomic E-state index is 12.6. The molecule has 2 aromatic rings. The summed E-state index contributed by atoms with van der Waals surface area (Å²) >= 11 is 0. The fourth-order valence-corrected chi connectivity index (χ4v) is 2.88. The van der Waals surface area contributed by atoms with Gasteiger partial charge in [0.25, 0.3) is 0 Å². The lowest BCUT2D eigenvalue weighted by atomic mass is 10.0. The minimum absolute atomic E-state index is 0.0142.